The Morgan fingerprint density at radius 1 is 0.875 bits per heavy atom. The summed E-state index contributed by atoms with van der Waals surface area (Å²) in [6.07, 6.45) is 0. The molecule has 1 N–H and O–H groups in total. The maximum atomic E-state index is 12.9. The molecular formula is C20H17BrFNO. The summed E-state index contributed by atoms with van der Waals surface area (Å²) in [6, 6.07) is 22.4. The van der Waals surface area contributed by atoms with E-state index >= 15 is 0 Å². The second-order valence-electron chi connectivity index (χ2n) is 5.40. The van der Waals surface area contributed by atoms with Crippen LogP contribution in [0.1, 0.15) is 11.1 Å². The average Bonchev–Trinajstić information content (AvgIpc) is 2.61. The lowest BCUT2D eigenvalue weighted by molar-refractivity contribution is 0.304. The van der Waals surface area contributed by atoms with Crippen LogP contribution in [0.5, 0.6) is 5.75 Å². The molecule has 0 fully saturated rings. The number of rotatable bonds is 6. The Balaban J connectivity index is 1.58. The van der Waals surface area contributed by atoms with Crippen molar-refractivity contribution in [2.45, 2.75) is 13.2 Å². The summed E-state index contributed by atoms with van der Waals surface area (Å²) in [5.41, 5.74) is 3.13. The van der Waals surface area contributed by atoms with Crippen LogP contribution in [0.4, 0.5) is 10.1 Å². The van der Waals surface area contributed by atoms with Gasteiger partial charge in [0.15, 0.2) is 0 Å². The first-order valence-corrected chi connectivity index (χ1v) is 8.44. The predicted octanol–water partition coefficient (Wildman–Crippen LogP) is 5.78. The first kappa shape index (κ1) is 16.5. The van der Waals surface area contributed by atoms with Gasteiger partial charge in [0.2, 0.25) is 0 Å². The molecule has 0 radical (unpaired) electrons. The van der Waals surface area contributed by atoms with Crippen LogP contribution in [0, 0.1) is 5.82 Å². The predicted molar refractivity (Wildman–Crippen MR) is 98.6 cm³/mol. The maximum absolute atomic E-state index is 12.9. The summed E-state index contributed by atoms with van der Waals surface area (Å²) in [4.78, 5) is 0. The van der Waals surface area contributed by atoms with Crippen LogP contribution >= 0.6 is 15.9 Å². The summed E-state index contributed by atoms with van der Waals surface area (Å²) in [5.74, 6) is 0.576. The monoisotopic (exact) mass is 385 g/mol. The minimum Gasteiger partial charge on any atom is -0.488 e. The molecule has 0 saturated carbocycles. The molecule has 0 aliphatic rings. The van der Waals surface area contributed by atoms with Crippen molar-refractivity contribution in [1.82, 2.24) is 0 Å². The highest BCUT2D eigenvalue weighted by Crippen LogP contribution is 2.27. The minimum atomic E-state index is -0.233. The molecule has 3 aromatic carbocycles. The van der Waals surface area contributed by atoms with Crippen molar-refractivity contribution in [2.24, 2.45) is 0 Å². The number of hydrogen-bond donors (Lipinski definition) is 1. The number of benzene rings is 3. The number of ether oxygens (including phenoxy) is 1. The van der Waals surface area contributed by atoms with Crippen molar-refractivity contribution >= 4 is 21.6 Å². The third-order valence-electron chi connectivity index (χ3n) is 3.57. The van der Waals surface area contributed by atoms with E-state index in [1.165, 1.54) is 12.1 Å². The zero-order valence-corrected chi connectivity index (χ0v) is 14.6. The van der Waals surface area contributed by atoms with Crippen LogP contribution in [0.2, 0.25) is 0 Å². The van der Waals surface area contributed by atoms with Crippen molar-refractivity contribution in [3.05, 3.63) is 94.2 Å². The molecule has 0 atom stereocenters. The summed E-state index contributed by atoms with van der Waals surface area (Å²) in [7, 11) is 0. The fraction of sp³-hybridized carbons (Fsp3) is 0.100. The molecule has 122 valence electrons. The van der Waals surface area contributed by atoms with Crippen molar-refractivity contribution in [3.8, 4) is 5.75 Å². The molecule has 0 bridgehead atoms. The lowest BCUT2D eigenvalue weighted by Crippen LogP contribution is -2.00. The lowest BCUT2D eigenvalue weighted by Gasteiger charge is -2.11. The molecule has 0 amide bonds. The molecular weight excluding hydrogens is 369 g/mol. The van der Waals surface area contributed by atoms with Gasteiger partial charge in [-0.1, -0.05) is 36.4 Å². The summed E-state index contributed by atoms with van der Waals surface area (Å²) >= 11 is 3.55. The van der Waals surface area contributed by atoms with Crippen molar-refractivity contribution in [3.63, 3.8) is 0 Å². The average molecular weight is 386 g/mol. The normalized spacial score (nSPS) is 10.4. The minimum absolute atomic E-state index is 0.233. The highest BCUT2D eigenvalue weighted by atomic mass is 79.9. The zero-order chi connectivity index (χ0) is 16.8. The highest BCUT2D eigenvalue weighted by molar-refractivity contribution is 9.10. The fourth-order valence-electron chi connectivity index (χ4n) is 2.28. The molecule has 0 spiro atoms. The molecule has 0 aromatic heterocycles. The van der Waals surface area contributed by atoms with Crippen LogP contribution in [0.25, 0.3) is 0 Å². The second kappa shape index (κ2) is 7.97. The van der Waals surface area contributed by atoms with E-state index in [4.69, 9.17) is 4.74 Å². The van der Waals surface area contributed by atoms with E-state index in [9.17, 15) is 4.39 Å². The van der Waals surface area contributed by atoms with Gasteiger partial charge in [-0.05, 0) is 63.5 Å². The first-order chi connectivity index (χ1) is 11.7. The van der Waals surface area contributed by atoms with Crippen LogP contribution < -0.4 is 10.1 Å². The number of nitrogens with one attached hydrogen (secondary N) is 1. The topological polar surface area (TPSA) is 21.3 Å². The van der Waals surface area contributed by atoms with Gasteiger partial charge in [-0.3, -0.25) is 0 Å². The van der Waals surface area contributed by atoms with Crippen molar-refractivity contribution in [1.29, 1.82) is 0 Å². The highest BCUT2D eigenvalue weighted by Gasteiger charge is 2.04. The van der Waals surface area contributed by atoms with Gasteiger partial charge in [0.1, 0.15) is 18.2 Å². The van der Waals surface area contributed by atoms with E-state index in [1.54, 1.807) is 12.1 Å². The van der Waals surface area contributed by atoms with E-state index in [2.05, 4.69) is 21.2 Å². The molecule has 0 aliphatic carbocycles. The Hall–Kier alpha value is -2.33. The molecule has 0 saturated heterocycles. The molecule has 3 aromatic rings. The summed E-state index contributed by atoms with van der Waals surface area (Å²) in [6.45, 7) is 1.19. The fourth-order valence-corrected chi connectivity index (χ4v) is 2.82. The number of anilines is 1. The summed E-state index contributed by atoms with van der Waals surface area (Å²) in [5, 5.41) is 3.26. The van der Waals surface area contributed by atoms with Gasteiger partial charge in [-0.2, -0.15) is 0 Å². The van der Waals surface area contributed by atoms with E-state index in [1.807, 2.05) is 48.5 Å². The molecule has 24 heavy (non-hydrogen) atoms. The van der Waals surface area contributed by atoms with Gasteiger partial charge in [0.25, 0.3) is 0 Å². The largest absolute Gasteiger partial charge is 0.488 e. The molecule has 4 heteroatoms. The SMILES string of the molecule is Fc1ccc(NCc2ccc(OCc3ccccc3)c(Br)c2)cc1. The van der Waals surface area contributed by atoms with Crippen molar-refractivity contribution < 1.29 is 9.13 Å². The third-order valence-corrected chi connectivity index (χ3v) is 4.19. The maximum Gasteiger partial charge on any atom is 0.134 e. The van der Waals surface area contributed by atoms with Crippen LogP contribution in [-0.2, 0) is 13.2 Å². The Morgan fingerprint density at radius 2 is 1.62 bits per heavy atom. The molecule has 3 rings (SSSR count). The Kier molecular flexibility index (Phi) is 5.49. The smallest absolute Gasteiger partial charge is 0.134 e. The second-order valence-corrected chi connectivity index (χ2v) is 6.25. The van der Waals surface area contributed by atoms with Crippen LogP contribution in [0.3, 0.4) is 0 Å². The Labute approximate surface area is 149 Å². The summed E-state index contributed by atoms with van der Waals surface area (Å²) < 4.78 is 19.7. The lowest BCUT2D eigenvalue weighted by atomic mass is 10.2. The van der Waals surface area contributed by atoms with E-state index in [-0.39, 0.29) is 5.82 Å². The van der Waals surface area contributed by atoms with Gasteiger partial charge in [-0.15, -0.1) is 0 Å². The van der Waals surface area contributed by atoms with Gasteiger partial charge in [-0.25, -0.2) is 4.39 Å². The molecule has 0 heterocycles. The van der Waals surface area contributed by atoms with E-state index < -0.39 is 0 Å². The van der Waals surface area contributed by atoms with E-state index in [0.29, 0.717) is 13.2 Å². The van der Waals surface area contributed by atoms with E-state index in [0.717, 1.165) is 27.0 Å². The molecule has 0 aliphatic heterocycles. The van der Waals surface area contributed by atoms with Gasteiger partial charge >= 0.3 is 0 Å². The Morgan fingerprint density at radius 3 is 2.33 bits per heavy atom. The van der Waals surface area contributed by atoms with Crippen LogP contribution in [-0.4, -0.2) is 0 Å². The number of hydrogen-bond acceptors (Lipinski definition) is 2. The number of halogens is 2. The zero-order valence-electron chi connectivity index (χ0n) is 13.0. The van der Waals surface area contributed by atoms with Crippen molar-refractivity contribution in [2.75, 3.05) is 5.32 Å². The third kappa shape index (κ3) is 4.59. The first-order valence-electron chi connectivity index (χ1n) is 7.65. The van der Waals surface area contributed by atoms with Gasteiger partial charge in [0, 0.05) is 12.2 Å². The van der Waals surface area contributed by atoms with Gasteiger partial charge < -0.3 is 10.1 Å². The standard InChI is InChI=1S/C20H17BrFNO/c21-19-12-16(13-23-18-9-7-17(22)8-10-18)6-11-20(19)24-14-15-4-2-1-3-5-15/h1-12,23H,13-14H2. The van der Waals surface area contributed by atoms with Crippen LogP contribution in [0.15, 0.2) is 77.3 Å². The van der Waals surface area contributed by atoms with Gasteiger partial charge in [0.05, 0.1) is 4.47 Å². The molecule has 0 unspecified atom stereocenters. The Bertz CT molecular complexity index is 790. The molecule has 2 nitrogen and oxygen atoms in total. The quantitative estimate of drug-likeness (QED) is 0.580.